The van der Waals surface area contributed by atoms with Crippen LogP contribution in [-0.4, -0.2) is 12.1 Å². The van der Waals surface area contributed by atoms with Gasteiger partial charge in [0.25, 0.3) is 0 Å². The maximum atomic E-state index is 12.9. The van der Waals surface area contributed by atoms with Gasteiger partial charge in [0.1, 0.15) is 30.0 Å². The number of ether oxygens (including phenoxy) is 3. The van der Waals surface area contributed by atoms with Gasteiger partial charge < -0.3 is 18.6 Å². The van der Waals surface area contributed by atoms with Crippen molar-refractivity contribution in [2.75, 3.05) is 0 Å². The van der Waals surface area contributed by atoms with Gasteiger partial charge in [-0.1, -0.05) is 63.2 Å². The molecule has 0 aliphatic rings. The van der Waals surface area contributed by atoms with Crippen LogP contribution in [0.2, 0.25) is 0 Å². The molecule has 35 heavy (non-hydrogen) atoms. The maximum Gasteiger partial charge on any atom is 0.347 e. The summed E-state index contributed by atoms with van der Waals surface area (Å²) < 4.78 is 22.4. The molecule has 0 fully saturated rings. The van der Waals surface area contributed by atoms with Crippen LogP contribution in [0.4, 0.5) is 0 Å². The minimum Gasteiger partial charge on any atom is -0.479 e. The molecule has 1 unspecified atom stereocenters. The van der Waals surface area contributed by atoms with Crippen LogP contribution in [0, 0.1) is 0 Å². The summed E-state index contributed by atoms with van der Waals surface area (Å²) >= 11 is 0. The van der Waals surface area contributed by atoms with E-state index in [4.69, 9.17) is 18.6 Å². The van der Waals surface area contributed by atoms with Crippen molar-refractivity contribution in [2.45, 2.75) is 45.8 Å². The lowest BCUT2D eigenvalue weighted by atomic mass is 9.87. The molecule has 1 aromatic heterocycles. The molecular weight excluding hydrogens is 444 g/mol. The van der Waals surface area contributed by atoms with Gasteiger partial charge in [-0.3, -0.25) is 4.79 Å². The lowest BCUT2D eigenvalue weighted by molar-refractivity contribution is -0.152. The Morgan fingerprint density at radius 3 is 2.31 bits per heavy atom. The highest BCUT2D eigenvalue weighted by molar-refractivity contribution is 5.79. The highest BCUT2D eigenvalue weighted by Gasteiger charge is 2.18. The Hall–Kier alpha value is -4.06. The van der Waals surface area contributed by atoms with Crippen LogP contribution in [0.25, 0.3) is 11.0 Å². The van der Waals surface area contributed by atoms with Crippen LogP contribution in [0.15, 0.2) is 88.3 Å². The van der Waals surface area contributed by atoms with E-state index in [9.17, 15) is 9.59 Å². The first-order chi connectivity index (χ1) is 16.7. The van der Waals surface area contributed by atoms with Gasteiger partial charge in [0.15, 0.2) is 6.10 Å². The SMILES string of the molecule is CC(Oc1ccc2c(=O)c(Oc3ccc(C(C)(C)C)cc3)coc2c1)C(=O)OCc1ccccc1. The predicted octanol–water partition coefficient (Wildman–Crippen LogP) is 6.39. The molecule has 0 spiro atoms. The third-order valence-electron chi connectivity index (χ3n) is 5.53. The van der Waals surface area contributed by atoms with Gasteiger partial charge in [-0.05, 0) is 47.7 Å². The zero-order chi connectivity index (χ0) is 25.0. The summed E-state index contributed by atoms with van der Waals surface area (Å²) in [4.78, 5) is 25.2. The Labute approximate surface area is 204 Å². The normalized spacial score (nSPS) is 12.2. The van der Waals surface area contributed by atoms with Gasteiger partial charge in [-0.2, -0.15) is 0 Å². The molecule has 0 N–H and O–H groups in total. The first-order valence-electron chi connectivity index (χ1n) is 11.4. The van der Waals surface area contributed by atoms with Crippen LogP contribution in [-0.2, 0) is 21.6 Å². The largest absolute Gasteiger partial charge is 0.479 e. The van der Waals surface area contributed by atoms with E-state index in [1.165, 1.54) is 11.8 Å². The molecular formula is C29H28O6. The fourth-order valence-corrected chi connectivity index (χ4v) is 3.48. The van der Waals surface area contributed by atoms with E-state index < -0.39 is 12.1 Å². The number of benzene rings is 3. The molecule has 180 valence electrons. The second-order valence-corrected chi connectivity index (χ2v) is 9.32. The molecule has 0 saturated carbocycles. The van der Waals surface area contributed by atoms with Gasteiger partial charge in [-0.15, -0.1) is 0 Å². The Morgan fingerprint density at radius 1 is 0.943 bits per heavy atom. The van der Waals surface area contributed by atoms with Gasteiger partial charge in [0.2, 0.25) is 11.2 Å². The molecule has 6 nitrogen and oxygen atoms in total. The topological polar surface area (TPSA) is 75.0 Å². The Morgan fingerprint density at radius 2 is 1.63 bits per heavy atom. The number of carbonyl (C=O) groups is 1. The number of hydrogen-bond acceptors (Lipinski definition) is 6. The minimum absolute atomic E-state index is 0.0242. The van der Waals surface area contributed by atoms with Crippen molar-refractivity contribution in [3.8, 4) is 17.2 Å². The second-order valence-electron chi connectivity index (χ2n) is 9.32. The standard InChI is InChI=1S/C29H28O6/c1-19(28(31)33-17-20-8-6-5-7-9-20)34-23-14-15-24-25(16-23)32-18-26(27(24)30)35-22-12-10-21(11-13-22)29(2,3)4/h5-16,18-19H,17H2,1-4H3. The first-order valence-corrected chi connectivity index (χ1v) is 11.4. The molecule has 3 aromatic carbocycles. The van der Waals surface area contributed by atoms with Crippen LogP contribution < -0.4 is 14.9 Å². The monoisotopic (exact) mass is 472 g/mol. The average molecular weight is 473 g/mol. The van der Waals surface area contributed by atoms with Crippen molar-refractivity contribution in [3.05, 3.63) is 100 Å². The van der Waals surface area contributed by atoms with E-state index in [0.717, 1.165) is 5.56 Å². The minimum atomic E-state index is -0.832. The zero-order valence-electron chi connectivity index (χ0n) is 20.2. The van der Waals surface area contributed by atoms with E-state index in [0.29, 0.717) is 22.5 Å². The van der Waals surface area contributed by atoms with Crippen LogP contribution in [0.3, 0.4) is 0 Å². The van der Waals surface area contributed by atoms with E-state index in [2.05, 4.69) is 20.8 Å². The smallest absolute Gasteiger partial charge is 0.347 e. The van der Waals surface area contributed by atoms with Gasteiger partial charge >= 0.3 is 5.97 Å². The summed E-state index contributed by atoms with van der Waals surface area (Å²) in [7, 11) is 0. The number of esters is 1. The van der Waals surface area contributed by atoms with E-state index in [-0.39, 0.29) is 23.2 Å². The van der Waals surface area contributed by atoms with E-state index in [1.807, 2.05) is 54.6 Å². The van der Waals surface area contributed by atoms with E-state index >= 15 is 0 Å². The fraction of sp³-hybridized carbons (Fsp3) is 0.241. The average Bonchev–Trinajstić information content (AvgIpc) is 2.84. The Kier molecular flexibility index (Phi) is 6.92. The second kappa shape index (κ2) is 10.1. The summed E-state index contributed by atoms with van der Waals surface area (Å²) in [6, 6.07) is 21.8. The number of fused-ring (bicyclic) bond motifs is 1. The van der Waals surface area contributed by atoms with Crippen molar-refractivity contribution in [2.24, 2.45) is 0 Å². The summed E-state index contributed by atoms with van der Waals surface area (Å²) in [5.41, 5.74) is 2.11. The van der Waals surface area contributed by atoms with Crippen molar-refractivity contribution in [1.82, 2.24) is 0 Å². The van der Waals surface area contributed by atoms with Crippen molar-refractivity contribution >= 4 is 16.9 Å². The van der Waals surface area contributed by atoms with Crippen molar-refractivity contribution < 1.29 is 23.4 Å². The molecule has 0 saturated heterocycles. The highest BCUT2D eigenvalue weighted by Crippen LogP contribution is 2.27. The molecule has 0 aliphatic carbocycles. The lowest BCUT2D eigenvalue weighted by Gasteiger charge is -2.19. The van der Waals surface area contributed by atoms with Crippen LogP contribution in [0.1, 0.15) is 38.8 Å². The molecule has 4 aromatic rings. The van der Waals surface area contributed by atoms with Crippen molar-refractivity contribution in [3.63, 3.8) is 0 Å². The highest BCUT2D eigenvalue weighted by atomic mass is 16.6. The van der Waals surface area contributed by atoms with Gasteiger partial charge in [0, 0.05) is 6.07 Å². The first kappa shape index (κ1) is 24.1. The van der Waals surface area contributed by atoms with Gasteiger partial charge in [-0.25, -0.2) is 4.79 Å². The predicted molar refractivity (Wildman–Crippen MR) is 134 cm³/mol. The Bertz CT molecular complexity index is 1360. The summed E-state index contributed by atoms with van der Waals surface area (Å²) in [6.45, 7) is 8.17. The molecule has 6 heteroatoms. The quantitative estimate of drug-likeness (QED) is 0.290. The maximum absolute atomic E-state index is 12.9. The fourth-order valence-electron chi connectivity index (χ4n) is 3.48. The molecule has 0 aliphatic heterocycles. The van der Waals surface area contributed by atoms with E-state index in [1.54, 1.807) is 25.1 Å². The summed E-state index contributed by atoms with van der Waals surface area (Å²) in [5.74, 6) is 0.535. The van der Waals surface area contributed by atoms with Crippen LogP contribution >= 0.6 is 0 Å². The van der Waals surface area contributed by atoms with Crippen LogP contribution in [0.5, 0.6) is 17.2 Å². The summed E-state index contributed by atoms with van der Waals surface area (Å²) in [6.07, 6.45) is 0.450. The third-order valence-corrected chi connectivity index (χ3v) is 5.53. The number of rotatable bonds is 7. The molecule has 0 bridgehead atoms. The van der Waals surface area contributed by atoms with Crippen molar-refractivity contribution in [1.29, 1.82) is 0 Å². The lowest BCUT2D eigenvalue weighted by Crippen LogP contribution is -2.26. The summed E-state index contributed by atoms with van der Waals surface area (Å²) in [5, 5.41) is 0.348. The molecule has 1 atom stereocenters. The number of hydrogen-bond donors (Lipinski definition) is 0. The molecule has 0 amide bonds. The molecule has 1 heterocycles. The zero-order valence-corrected chi connectivity index (χ0v) is 20.2. The molecule has 4 rings (SSSR count). The number of carbonyl (C=O) groups excluding carboxylic acids is 1. The van der Waals surface area contributed by atoms with Gasteiger partial charge in [0.05, 0.1) is 5.39 Å². The third kappa shape index (κ3) is 5.90. The molecule has 0 radical (unpaired) electrons. The Balaban J connectivity index is 1.43.